The molecule has 3 heterocycles. The highest BCUT2D eigenvalue weighted by molar-refractivity contribution is 6.43. The van der Waals surface area contributed by atoms with Crippen LogP contribution in [0.4, 0.5) is 5.82 Å². The topological polar surface area (TPSA) is 104 Å². The van der Waals surface area contributed by atoms with Gasteiger partial charge in [-0.3, -0.25) is 5.10 Å². The quantitative estimate of drug-likeness (QED) is 0.632. The molecule has 0 amide bonds. The van der Waals surface area contributed by atoms with Gasteiger partial charge in [-0.2, -0.15) is 5.10 Å². The van der Waals surface area contributed by atoms with Crippen molar-refractivity contribution < 1.29 is 5.11 Å². The maximum Gasteiger partial charge on any atom is 0.202 e. The third kappa shape index (κ3) is 3.01. The summed E-state index contributed by atoms with van der Waals surface area (Å²) in [5, 5.41) is 18.4. The van der Waals surface area contributed by atoms with Gasteiger partial charge < -0.3 is 15.7 Å². The summed E-state index contributed by atoms with van der Waals surface area (Å²) >= 11 is 12.4. The first-order chi connectivity index (χ1) is 12.5. The second kappa shape index (κ2) is 6.66. The van der Waals surface area contributed by atoms with Crippen molar-refractivity contribution in [1.82, 2.24) is 20.2 Å². The van der Waals surface area contributed by atoms with E-state index in [0.29, 0.717) is 52.8 Å². The Hall–Kier alpha value is -1.93. The Morgan fingerprint density at radius 3 is 2.77 bits per heavy atom. The first-order valence-electron chi connectivity index (χ1n) is 8.34. The predicted molar refractivity (Wildman–Crippen MR) is 103 cm³/mol. The zero-order valence-electron chi connectivity index (χ0n) is 13.9. The number of nitrogens with one attached hydrogen (secondary N) is 1. The molecule has 1 aliphatic rings. The van der Waals surface area contributed by atoms with E-state index in [-0.39, 0.29) is 6.54 Å². The molecule has 0 radical (unpaired) electrons. The minimum Gasteiger partial charge on any atom is -0.388 e. The summed E-state index contributed by atoms with van der Waals surface area (Å²) < 4.78 is 0. The molecule has 0 bridgehead atoms. The molecule has 0 atom stereocenters. The summed E-state index contributed by atoms with van der Waals surface area (Å²) in [4.78, 5) is 11.2. The highest BCUT2D eigenvalue weighted by atomic mass is 35.5. The lowest BCUT2D eigenvalue weighted by Crippen LogP contribution is -2.49. The van der Waals surface area contributed by atoms with Gasteiger partial charge in [0.2, 0.25) is 5.65 Å². The fourth-order valence-corrected chi connectivity index (χ4v) is 3.57. The van der Waals surface area contributed by atoms with Crippen LogP contribution in [0.3, 0.4) is 0 Å². The molecule has 3 aromatic rings. The maximum absolute atomic E-state index is 10.3. The number of fused-ring (bicyclic) bond motifs is 1. The van der Waals surface area contributed by atoms with Crippen molar-refractivity contribution >= 4 is 40.2 Å². The minimum absolute atomic E-state index is 0.272. The SMILES string of the molecule is NCC1(O)CCN(c2cnc3c(-c4cccc(Cl)c4Cl)[nH]nc3n2)CC1. The average Bonchev–Trinajstić information content (AvgIpc) is 3.07. The second-order valence-corrected chi connectivity index (χ2v) is 7.30. The molecule has 0 saturated carbocycles. The van der Waals surface area contributed by atoms with Gasteiger partial charge in [-0.05, 0) is 18.9 Å². The van der Waals surface area contributed by atoms with Gasteiger partial charge >= 0.3 is 0 Å². The summed E-state index contributed by atoms with van der Waals surface area (Å²) in [6.07, 6.45) is 2.92. The van der Waals surface area contributed by atoms with E-state index in [1.54, 1.807) is 12.3 Å². The molecular weight excluding hydrogens is 375 g/mol. The lowest BCUT2D eigenvalue weighted by Gasteiger charge is -2.37. The van der Waals surface area contributed by atoms with E-state index in [9.17, 15) is 5.11 Å². The Kier molecular flexibility index (Phi) is 4.48. The van der Waals surface area contributed by atoms with Crippen LogP contribution in [0.15, 0.2) is 24.4 Å². The van der Waals surface area contributed by atoms with Gasteiger partial charge in [0.15, 0.2) is 0 Å². The third-order valence-electron chi connectivity index (χ3n) is 4.87. The molecule has 26 heavy (non-hydrogen) atoms. The van der Waals surface area contributed by atoms with Crippen molar-refractivity contribution in [2.24, 2.45) is 5.73 Å². The van der Waals surface area contributed by atoms with Gasteiger partial charge in [-0.25, -0.2) is 9.97 Å². The van der Waals surface area contributed by atoms with E-state index in [4.69, 9.17) is 28.9 Å². The number of halogens is 2. The molecule has 0 spiro atoms. The molecule has 136 valence electrons. The smallest absolute Gasteiger partial charge is 0.202 e. The number of aliphatic hydroxyl groups is 1. The lowest BCUT2D eigenvalue weighted by molar-refractivity contribution is 0.0249. The van der Waals surface area contributed by atoms with Crippen molar-refractivity contribution in [2.75, 3.05) is 24.5 Å². The van der Waals surface area contributed by atoms with Crippen molar-refractivity contribution in [3.8, 4) is 11.3 Å². The van der Waals surface area contributed by atoms with Crippen LogP contribution >= 0.6 is 23.2 Å². The van der Waals surface area contributed by atoms with E-state index in [2.05, 4.69) is 25.1 Å². The summed E-state index contributed by atoms with van der Waals surface area (Å²) in [7, 11) is 0. The highest BCUT2D eigenvalue weighted by Gasteiger charge is 2.31. The van der Waals surface area contributed by atoms with Crippen LogP contribution < -0.4 is 10.6 Å². The van der Waals surface area contributed by atoms with Gasteiger partial charge in [0, 0.05) is 25.2 Å². The number of benzene rings is 1. The molecule has 0 aliphatic carbocycles. The van der Waals surface area contributed by atoms with Crippen LogP contribution in [0, 0.1) is 0 Å². The van der Waals surface area contributed by atoms with E-state index in [1.165, 1.54) is 0 Å². The largest absolute Gasteiger partial charge is 0.388 e. The molecular formula is C17H18Cl2N6O. The summed E-state index contributed by atoms with van der Waals surface area (Å²) in [5.74, 6) is 0.729. The van der Waals surface area contributed by atoms with Gasteiger partial charge in [0.05, 0.1) is 27.5 Å². The van der Waals surface area contributed by atoms with Crippen LogP contribution in [-0.2, 0) is 0 Å². The van der Waals surface area contributed by atoms with Gasteiger partial charge in [0.1, 0.15) is 11.3 Å². The van der Waals surface area contributed by atoms with Gasteiger partial charge in [-0.1, -0.05) is 35.3 Å². The number of aromatic nitrogens is 4. The van der Waals surface area contributed by atoms with Crippen LogP contribution in [0.1, 0.15) is 12.8 Å². The van der Waals surface area contributed by atoms with E-state index >= 15 is 0 Å². The molecule has 2 aromatic heterocycles. The van der Waals surface area contributed by atoms with Crippen LogP contribution in [-0.4, -0.2) is 50.5 Å². The number of nitrogens with two attached hydrogens (primary N) is 1. The Morgan fingerprint density at radius 2 is 2.04 bits per heavy atom. The molecule has 1 fully saturated rings. The third-order valence-corrected chi connectivity index (χ3v) is 5.69. The van der Waals surface area contributed by atoms with E-state index < -0.39 is 5.60 Å². The summed E-state index contributed by atoms with van der Waals surface area (Å²) in [6.45, 7) is 1.62. The Balaban J connectivity index is 1.65. The number of aromatic amines is 1. The standard InChI is InChI=1S/C17H18Cl2N6O/c18-11-3-1-2-10(13(11)19)14-15-16(24-23-14)22-12(8-21-15)25-6-4-17(26,9-20)5-7-25/h1-3,8,26H,4-7,9,20H2,(H,22,23,24). The number of rotatable bonds is 3. The predicted octanol–water partition coefficient (Wildman–Crippen LogP) is 2.62. The molecule has 9 heteroatoms. The number of piperidine rings is 1. The fourth-order valence-electron chi connectivity index (χ4n) is 3.18. The number of anilines is 1. The maximum atomic E-state index is 10.3. The molecule has 1 aromatic carbocycles. The fraction of sp³-hybridized carbons (Fsp3) is 0.353. The molecule has 1 saturated heterocycles. The van der Waals surface area contributed by atoms with Crippen molar-refractivity contribution in [3.63, 3.8) is 0 Å². The molecule has 1 aliphatic heterocycles. The Morgan fingerprint density at radius 1 is 1.27 bits per heavy atom. The first kappa shape index (κ1) is 17.5. The monoisotopic (exact) mass is 392 g/mol. The van der Waals surface area contributed by atoms with Crippen molar-refractivity contribution in [3.05, 3.63) is 34.4 Å². The first-order valence-corrected chi connectivity index (χ1v) is 9.09. The molecule has 4 rings (SSSR count). The number of hydrogen-bond acceptors (Lipinski definition) is 6. The zero-order chi connectivity index (χ0) is 18.3. The molecule has 4 N–H and O–H groups in total. The molecule has 7 nitrogen and oxygen atoms in total. The van der Waals surface area contributed by atoms with Crippen LogP contribution in [0.2, 0.25) is 10.0 Å². The Bertz CT molecular complexity index is 952. The van der Waals surface area contributed by atoms with Gasteiger partial charge in [0.25, 0.3) is 0 Å². The zero-order valence-corrected chi connectivity index (χ0v) is 15.4. The van der Waals surface area contributed by atoms with Crippen LogP contribution in [0.25, 0.3) is 22.4 Å². The molecule has 0 unspecified atom stereocenters. The number of H-pyrrole nitrogens is 1. The normalized spacial score (nSPS) is 17.0. The van der Waals surface area contributed by atoms with Crippen molar-refractivity contribution in [1.29, 1.82) is 0 Å². The second-order valence-electron chi connectivity index (χ2n) is 6.52. The van der Waals surface area contributed by atoms with Crippen molar-refractivity contribution in [2.45, 2.75) is 18.4 Å². The number of nitrogens with zero attached hydrogens (tertiary/aromatic N) is 4. The minimum atomic E-state index is -0.781. The lowest BCUT2D eigenvalue weighted by atomic mass is 9.92. The Labute approximate surface area is 160 Å². The van der Waals surface area contributed by atoms with E-state index in [1.807, 2.05) is 12.1 Å². The van der Waals surface area contributed by atoms with E-state index in [0.717, 1.165) is 11.4 Å². The van der Waals surface area contributed by atoms with Crippen LogP contribution in [0.5, 0.6) is 0 Å². The number of hydrogen-bond donors (Lipinski definition) is 3. The van der Waals surface area contributed by atoms with Gasteiger partial charge in [-0.15, -0.1) is 0 Å². The summed E-state index contributed by atoms with van der Waals surface area (Å²) in [5.41, 5.74) is 7.42. The highest BCUT2D eigenvalue weighted by Crippen LogP contribution is 2.35. The average molecular weight is 393 g/mol. The summed E-state index contributed by atoms with van der Waals surface area (Å²) in [6, 6.07) is 5.41.